The first kappa shape index (κ1) is 19.5. The van der Waals surface area contributed by atoms with Crippen LogP contribution in [-0.4, -0.2) is 43.1 Å². The van der Waals surface area contributed by atoms with Gasteiger partial charge in [-0.3, -0.25) is 9.69 Å². The van der Waals surface area contributed by atoms with E-state index in [4.69, 9.17) is 4.74 Å². The molecule has 5 heteroatoms. The van der Waals surface area contributed by atoms with Crippen molar-refractivity contribution in [3.63, 3.8) is 0 Å². The van der Waals surface area contributed by atoms with Crippen molar-refractivity contribution in [3.8, 4) is 0 Å². The van der Waals surface area contributed by atoms with E-state index in [-0.39, 0.29) is 12.0 Å². The molecule has 0 N–H and O–H groups in total. The molecule has 4 rings (SSSR count). The number of hydrogen-bond donors (Lipinski definition) is 0. The Morgan fingerprint density at radius 1 is 1.03 bits per heavy atom. The van der Waals surface area contributed by atoms with Crippen LogP contribution in [0.3, 0.4) is 0 Å². The fraction of sp³-hybridized carbons (Fsp3) is 0.417. The number of benzene rings is 2. The maximum Gasteiger partial charge on any atom is 0.414 e. The second-order valence-corrected chi connectivity index (χ2v) is 7.88. The Hall–Kier alpha value is -2.82. The Morgan fingerprint density at radius 3 is 2.41 bits per heavy atom. The zero-order valence-corrected chi connectivity index (χ0v) is 17.0. The SMILES string of the molecule is CCc1ccc(C2CCCN(C(=O)Cc3ccc(N4CCOC4=O)cc3)C2)cc1. The summed E-state index contributed by atoms with van der Waals surface area (Å²) in [7, 11) is 0. The van der Waals surface area contributed by atoms with E-state index in [0.29, 0.717) is 25.5 Å². The van der Waals surface area contributed by atoms with Crippen molar-refractivity contribution in [3.05, 3.63) is 65.2 Å². The van der Waals surface area contributed by atoms with E-state index in [2.05, 4.69) is 31.2 Å². The minimum Gasteiger partial charge on any atom is -0.447 e. The van der Waals surface area contributed by atoms with Crippen LogP contribution in [-0.2, 0) is 22.4 Å². The van der Waals surface area contributed by atoms with E-state index in [1.807, 2.05) is 29.2 Å². The summed E-state index contributed by atoms with van der Waals surface area (Å²) in [6, 6.07) is 16.5. The van der Waals surface area contributed by atoms with Gasteiger partial charge >= 0.3 is 6.09 Å². The minimum atomic E-state index is -0.305. The summed E-state index contributed by atoms with van der Waals surface area (Å²) in [6.07, 6.45) is 3.32. The van der Waals surface area contributed by atoms with E-state index < -0.39 is 0 Å². The maximum atomic E-state index is 12.9. The van der Waals surface area contributed by atoms with Gasteiger partial charge in [0.1, 0.15) is 6.61 Å². The van der Waals surface area contributed by atoms with Crippen molar-refractivity contribution in [1.29, 1.82) is 0 Å². The predicted molar refractivity (Wildman–Crippen MR) is 113 cm³/mol. The van der Waals surface area contributed by atoms with Gasteiger partial charge in [-0.25, -0.2) is 4.79 Å². The average Bonchev–Trinajstić information content (AvgIpc) is 3.20. The number of piperidine rings is 1. The molecule has 29 heavy (non-hydrogen) atoms. The predicted octanol–water partition coefficient (Wildman–Crippen LogP) is 4.15. The highest BCUT2D eigenvalue weighted by Crippen LogP contribution is 2.28. The van der Waals surface area contributed by atoms with Crippen molar-refractivity contribution in [2.75, 3.05) is 31.1 Å². The molecule has 0 radical (unpaired) electrons. The molecule has 0 saturated carbocycles. The van der Waals surface area contributed by atoms with Crippen molar-refractivity contribution < 1.29 is 14.3 Å². The number of carbonyl (C=O) groups excluding carboxylic acids is 2. The number of nitrogens with zero attached hydrogens (tertiary/aromatic N) is 2. The minimum absolute atomic E-state index is 0.174. The van der Waals surface area contributed by atoms with Crippen LogP contribution in [0.5, 0.6) is 0 Å². The second-order valence-electron chi connectivity index (χ2n) is 7.88. The van der Waals surface area contributed by atoms with Crippen LogP contribution < -0.4 is 4.90 Å². The summed E-state index contributed by atoms with van der Waals surface area (Å²) >= 11 is 0. The van der Waals surface area contributed by atoms with Gasteiger partial charge in [0.2, 0.25) is 5.91 Å². The topological polar surface area (TPSA) is 49.9 Å². The number of hydrogen-bond acceptors (Lipinski definition) is 3. The third kappa shape index (κ3) is 4.44. The highest BCUT2D eigenvalue weighted by Gasteiger charge is 2.26. The maximum absolute atomic E-state index is 12.9. The van der Waals surface area contributed by atoms with E-state index in [0.717, 1.165) is 43.6 Å². The zero-order valence-electron chi connectivity index (χ0n) is 17.0. The normalized spacial score (nSPS) is 19.3. The van der Waals surface area contributed by atoms with E-state index in [1.165, 1.54) is 11.1 Å². The lowest BCUT2D eigenvalue weighted by Gasteiger charge is -2.33. The molecule has 2 heterocycles. The lowest BCUT2D eigenvalue weighted by Crippen LogP contribution is -2.39. The van der Waals surface area contributed by atoms with Crippen LogP contribution in [0.2, 0.25) is 0 Å². The number of ether oxygens (including phenoxy) is 1. The highest BCUT2D eigenvalue weighted by molar-refractivity contribution is 5.89. The Kier molecular flexibility index (Phi) is 5.84. The zero-order chi connectivity index (χ0) is 20.2. The largest absolute Gasteiger partial charge is 0.447 e. The summed E-state index contributed by atoms with van der Waals surface area (Å²) in [5.74, 6) is 0.593. The highest BCUT2D eigenvalue weighted by atomic mass is 16.6. The molecule has 0 aromatic heterocycles. The standard InChI is InChI=1S/C24H28N2O3/c1-2-18-5-9-20(10-6-18)21-4-3-13-25(17-21)23(27)16-19-7-11-22(12-8-19)26-14-15-29-24(26)28/h5-12,21H,2-4,13-17H2,1H3. The third-order valence-electron chi connectivity index (χ3n) is 6.00. The molecule has 152 valence electrons. The van der Waals surface area contributed by atoms with Crippen LogP contribution >= 0.6 is 0 Å². The summed E-state index contributed by atoms with van der Waals surface area (Å²) in [5.41, 5.74) is 4.47. The number of amides is 2. The first-order valence-corrected chi connectivity index (χ1v) is 10.5. The number of aryl methyl sites for hydroxylation is 1. The number of rotatable bonds is 5. The van der Waals surface area contributed by atoms with Crippen LogP contribution in [0.1, 0.15) is 42.4 Å². The first-order chi connectivity index (χ1) is 14.1. The van der Waals surface area contributed by atoms with Gasteiger partial charge in [-0.15, -0.1) is 0 Å². The third-order valence-corrected chi connectivity index (χ3v) is 6.00. The van der Waals surface area contributed by atoms with Gasteiger partial charge < -0.3 is 9.64 Å². The summed E-state index contributed by atoms with van der Waals surface area (Å²) in [6.45, 7) is 4.79. The molecular weight excluding hydrogens is 364 g/mol. The van der Waals surface area contributed by atoms with E-state index in [9.17, 15) is 9.59 Å². The molecule has 0 aliphatic carbocycles. The molecule has 1 unspecified atom stereocenters. The molecule has 2 fully saturated rings. The molecular formula is C24H28N2O3. The fourth-order valence-corrected chi connectivity index (χ4v) is 4.21. The summed E-state index contributed by atoms with van der Waals surface area (Å²) in [5, 5.41) is 0. The van der Waals surface area contributed by atoms with Crippen molar-refractivity contribution in [1.82, 2.24) is 4.90 Å². The Bertz CT molecular complexity index is 861. The van der Waals surface area contributed by atoms with Crippen LogP contribution in [0.25, 0.3) is 0 Å². The molecule has 2 aromatic rings. The number of carbonyl (C=O) groups is 2. The monoisotopic (exact) mass is 392 g/mol. The van der Waals surface area contributed by atoms with Gasteiger partial charge in [0.05, 0.1) is 13.0 Å². The number of cyclic esters (lactones) is 1. The molecule has 2 saturated heterocycles. The summed E-state index contributed by atoms with van der Waals surface area (Å²) < 4.78 is 4.98. The van der Waals surface area contributed by atoms with Gasteiger partial charge in [-0.05, 0) is 48.1 Å². The molecule has 2 amide bonds. The van der Waals surface area contributed by atoms with Crippen molar-refractivity contribution >= 4 is 17.7 Å². The molecule has 0 bridgehead atoms. The van der Waals surface area contributed by atoms with Crippen LogP contribution in [0, 0.1) is 0 Å². The quantitative estimate of drug-likeness (QED) is 0.768. The van der Waals surface area contributed by atoms with Gasteiger partial charge in [0.15, 0.2) is 0 Å². The molecule has 2 aliphatic rings. The van der Waals surface area contributed by atoms with Gasteiger partial charge in [-0.2, -0.15) is 0 Å². The number of anilines is 1. The fourth-order valence-electron chi connectivity index (χ4n) is 4.21. The van der Waals surface area contributed by atoms with E-state index in [1.54, 1.807) is 4.90 Å². The molecule has 1 atom stereocenters. The summed E-state index contributed by atoms with van der Waals surface area (Å²) in [4.78, 5) is 28.2. The Morgan fingerprint density at radius 2 is 1.76 bits per heavy atom. The molecule has 2 aliphatic heterocycles. The Labute approximate surface area is 172 Å². The van der Waals surface area contributed by atoms with Crippen LogP contribution in [0.15, 0.2) is 48.5 Å². The average molecular weight is 392 g/mol. The lowest BCUT2D eigenvalue weighted by molar-refractivity contribution is -0.131. The lowest BCUT2D eigenvalue weighted by atomic mass is 9.89. The number of likely N-dealkylation sites (tertiary alicyclic amines) is 1. The van der Waals surface area contributed by atoms with Crippen molar-refractivity contribution in [2.24, 2.45) is 0 Å². The van der Waals surface area contributed by atoms with Gasteiger partial charge in [-0.1, -0.05) is 43.3 Å². The van der Waals surface area contributed by atoms with Gasteiger partial charge in [0.25, 0.3) is 0 Å². The first-order valence-electron chi connectivity index (χ1n) is 10.5. The van der Waals surface area contributed by atoms with Crippen molar-refractivity contribution in [2.45, 2.75) is 38.5 Å². The van der Waals surface area contributed by atoms with E-state index >= 15 is 0 Å². The second kappa shape index (κ2) is 8.68. The molecule has 2 aromatic carbocycles. The Balaban J connectivity index is 1.36. The molecule has 5 nitrogen and oxygen atoms in total. The smallest absolute Gasteiger partial charge is 0.414 e. The molecule has 0 spiro atoms. The van der Waals surface area contributed by atoms with Crippen LogP contribution in [0.4, 0.5) is 10.5 Å². The van der Waals surface area contributed by atoms with Gasteiger partial charge in [0, 0.05) is 24.7 Å².